The van der Waals surface area contributed by atoms with Crippen LogP contribution in [-0.4, -0.2) is 9.97 Å². The molecular formula is C23H18N4. The van der Waals surface area contributed by atoms with Crippen LogP contribution in [0.25, 0.3) is 23.1 Å². The lowest BCUT2D eigenvalue weighted by molar-refractivity contribution is 1.18. The molecule has 4 nitrogen and oxygen atoms in total. The first-order valence-electron chi connectivity index (χ1n) is 8.71. The van der Waals surface area contributed by atoms with E-state index in [1.165, 1.54) is 0 Å². The molecule has 0 saturated carbocycles. The minimum absolute atomic E-state index is 0.516. The van der Waals surface area contributed by atoms with Gasteiger partial charge < -0.3 is 10.3 Å². The Bertz CT molecular complexity index is 1160. The van der Waals surface area contributed by atoms with Gasteiger partial charge in [0.05, 0.1) is 11.3 Å². The number of nitriles is 1. The van der Waals surface area contributed by atoms with Crippen LogP contribution in [0.3, 0.4) is 0 Å². The van der Waals surface area contributed by atoms with Crippen LogP contribution in [0.15, 0.2) is 67.0 Å². The van der Waals surface area contributed by atoms with Gasteiger partial charge in [-0.3, -0.25) is 4.98 Å². The third-order valence-corrected chi connectivity index (χ3v) is 4.50. The van der Waals surface area contributed by atoms with E-state index in [2.05, 4.69) is 27.4 Å². The average molecular weight is 350 g/mol. The molecule has 2 N–H and O–H groups in total. The van der Waals surface area contributed by atoms with E-state index < -0.39 is 0 Å². The number of hydrogen-bond acceptors (Lipinski definition) is 3. The summed E-state index contributed by atoms with van der Waals surface area (Å²) in [5.74, 6) is 0. The van der Waals surface area contributed by atoms with Crippen LogP contribution in [-0.2, 0) is 0 Å². The van der Waals surface area contributed by atoms with Crippen molar-refractivity contribution in [2.45, 2.75) is 6.92 Å². The van der Waals surface area contributed by atoms with Gasteiger partial charge in [-0.1, -0.05) is 42.5 Å². The molecule has 2 aromatic heterocycles. The third kappa shape index (κ3) is 3.44. The Morgan fingerprint density at radius 2 is 1.93 bits per heavy atom. The van der Waals surface area contributed by atoms with Gasteiger partial charge in [-0.25, -0.2) is 0 Å². The number of aromatic nitrogens is 2. The van der Waals surface area contributed by atoms with Crippen molar-refractivity contribution in [1.82, 2.24) is 9.97 Å². The molecule has 4 aromatic rings. The number of fused-ring (bicyclic) bond motifs is 1. The van der Waals surface area contributed by atoms with Gasteiger partial charge in [0.25, 0.3) is 0 Å². The van der Waals surface area contributed by atoms with Crippen molar-refractivity contribution in [3.8, 4) is 6.07 Å². The summed E-state index contributed by atoms with van der Waals surface area (Å²) in [5, 5.41) is 14.1. The smallest absolute Gasteiger partial charge is 0.103 e. The van der Waals surface area contributed by atoms with E-state index in [0.29, 0.717) is 5.56 Å². The van der Waals surface area contributed by atoms with Gasteiger partial charge in [-0.2, -0.15) is 5.26 Å². The van der Waals surface area contributed by atoms with Gasteiger partial charge in [-0.15, -0.1) is 0 Å². The normalized spacial score (nSPS) is 11.0. The van der Waals surface area contributed by atoms with Crippen molar-refractivity contribution in [3.63, 3.8) is 0 Å². The zero-order valence-electron chi connectivity index (χ0n) is 14.9. The van der Waals surface area contributed by atoms with Crippen LogP contribution in [0, 0.1) is 18.3 Å². The van der Waals surface area contributed by atoms with Crippen molar-refractivity contribution in [2.24, 2.45) is 0 Å². The van der Waals surface area contributed by atoms with Crippen LogP contribution in [0.1, 0.15) is 22.4 Å². The van der Waals surface area contributed by atoms with Crippen LogP contribution < -0.4 is 5.32 Å². The van der Waals surface area contributed by atoms with Crippen LogP contribution in [0.2, 0.25) is 0 Å². The standard InChI is InChI=1S/C23H18N4/c1-16-21(9-7-17-5-3-2-4-6-17)23(19(14-24)15-26-16)27-20-8-10-22-18(13-20)11-12-25-22/h2-13,15,25H,1H3,(H,26,27)/b9-7+. The Balaban J connectivity index is 1.77. The molecule has 2 aromatic carbocycles. The Kier molecular flexibility index (Phi) is 4.42. The highest BCUT2D eigenvalue weighted by molar-refractivity contribution is 5.87. The number of rotatable bonds is 4. The molecule has 0 atom stereocenters. The summed E-state index contributed by atoms with van der Waals surface area (Å²) in [6.45, 7) is 1.95. The molecular weight excluding hydrogens is 332 g/mol. The summed E-state index contributed by atoms with van der Waals surface area (Å²) in [6.07, 6.45) is 7.58. The van der Waals surface area contributed by atoms with Gasteiger partial charge in [0.2, 0.25) is 0 Å². The summed E-state index contributed by atoms with van der Waals surface area (Å²) in [6, 6.07) is 20.4. The number of H-pyrrole nitrogens is 1. The predicted octanol–water partition coefficient (Wildman–Crippen LogP) is 5.66. The number of hydrogen-bond donors (Lipinski definition) is 2. The van der Waals surface area contributed by atoms with Crippen molar-refractivity contribution in [2.75, 3.05) is 5.32 Å². The highest BCUT2D eigenvalue weighted by Crippen LogP contribution is 2.29. The minimum atomic E-state index is 0.516. The first-order valence-corrected chi connectivity index (χ1v) is 8.71. The Labute approximate surface area is 157 Å². The summed E-state index contributed by atoms with van der Waals surface area (Å²) in [5.41, 5.74) is 6.17. The van der Waals surface area contributed by atoms with Crippen molar-refractivity contribution < 1.29 is 0 Å². The first kappa shape index (κ1) is 16.6. The summed E-state index contributed by atoms with van der Waals surface area (Å²) >= 11 is 0. The maximum absolute atomic E-state index is 9.58. The molecule has 0 unspecified atom stereocenters. The number of aromatic amines is 1. The fourth-order valence-corrected chi connectivity index (χ4v) is 3.06. The molecule has 0 saturated heterocycles. The van der Waals surface area contributed by atoms with Gasteiger partial charge in [0, 0.05) is 40.2 Å². The number of benzene rings is 2. The molecule has 0 aliphatic rings. The zero-order chi connectivity index (χ0) is 18.6. The lowest BCUT2D eigenvalue weighted by Crippen LogP contribution is -2.00. The summed E-state index contributed by atoms with van der Waals surface area (Å²) < 4.78 is 0. The largest absolute Gasteiger partial charge is 0.361 e. The molecule has 0 bridgehead atoms. The molecule has 4 rings (SSSR count). The van der Waals surface area contributed by atoms with E-state index in [-0.39, 0.29) is 0 Å². The summed E-state index contributed by atoms with van der Waals surface area (Å²) in [4.78, 5) is 7.58. The van der Waals surface area contributed by atoms with Gasteiger partial charge >= 0.3 is 0 Å². The molecule has 0 aliphatic heterocycles. The molecule has 0 amide bonds. The second-order valence-corrected chi connectivity index (χ2v) is 6.31. The number of nitrogens with one attached hydrogen (secondary N) is 2. The van der Waals surface area contributed by atoms with Crippen molar-refractivity contribution in [3.05, 3.63) is 89.4 Å². The lowest BCUT2D eigenvalue weighted by atomic mass is 10.1. The lowest BCUT2D eigenvalue weighted by Gasteiger charge is -2.13. The molecule has 0 radical (unpaired) electrons. The highest BCUT2D eigenvalue weighted by Gasteiger charge is 2.11. The SMILES string of the molecule is Cc1ncc(C#N)c(Nc2ccc3[nH]ccc3c2)c1/C=C/c1ccccc1. The highest BCUT2D eigenvalue weighted by atomic mass is 14.9. The Hall–Kier alpha value is -3.84. The summed E-state index contributed by atoms with van der Waals surface area (Å²) in [7, 11) is 0. The van der Waals surface area contributed by atoms with E-state index in [4.69, 9.17) is 0 Å². The molecule has 2 heterocycles. The van der Waals surface area contributed by atoms with Crippen molar-refractivity contribution >= 4 is 34.4 Å². The maximum Gasteiger partial charge on any atom is 0.103 e. The topological polar surface area (TPSA) is 64.5 Å². The van der Waals surface area contributed by atoms with E-state index >= 15 is 0 Å². The number of pyridine rings is 1. The second kappa shape index (κ2) is 7.19. The van der Waals surface area contributed by atoms with E-state index in [1.807, 2.05) is 73.8 Å². The molecule has 0 fully saturated rings. The molecule has 0 spiro atoms. The molecule has 27 heavy (non-hydrogen) atoms. The predicted molar refractivity (Wildman–Crippen MR) is 111 cm³/mol. The molecule has 130 valence electrons. The second-order valence-electron chi connectivity index (χ2n) is 6.31. The van der Waals surface area contributed by atoms with Crippen LogP contribution in [0.4, 0.5) is 11.4 Å². The fourth-order valence-electron chi connectivity index (χ4n) is 3.06. The molecule has 0 aliphatic carbocycles. The maximum atomic E-state index is 9.58. The third-order valence-electron chi connectivity index (χ3n) is 4.50. The van der Waals surface area contributed by atoms with E-state index in [9.17, 15) is 5.26 Å². The number of nitrogens with zero attached hydrogens (tertiary/aromatic N) is 2. The zero-order valence-corrected chi connectivity index (χ0v) is 14.9. The Morgan fingerprint density at radius 1 is 1.07 bits per heavy atom. The molecule has 4 heteroatoms. The van der Waals surface area contributed by atoms with Crippen molar-refractivity contribution in [1.29, 1.82) is 5.26 Å². The minimum Gasteiger partial charge on any atom is -0.361 e. The van der Waals surface area contributed by atoms with Gasteiger partial charge in [0.15, 0.2) is 0 Å². The van der Waals surface area contributed by atoms with Crippen LogP contribution in [0.5, 0.6) is 0 Å². The number of anilines is 2. The van der Waals surface area contributed by atoms with Gasteiger partial charge in [-0.05, 0) is 36.8 Å². The van der Waals surface area contributed by atoms with E-state index in [0.717, 1.165) is 39.1 Å². The fraction of sp³-hybridized carbons (Fsp3) is 0.0435. The monoisotopic (exact) mass is 350 g/mol. The quantitative estimate of drug-likeness (QED) is 0.499. The first-order chi connectivity index (χ1) is 13.2. The van der Waals surface area contributed by atoms with Gasteiger partial charge in [0.1, 0.15) is 6.07 Å². The van der Waals surface area contributed by atoms with Crippen LogP contribution >= 0.6 is 0 Å². The average Bonchev–Trinajstić information content (AvgIpc) is 3.16. The van der Waals surface area contributed by atoms with E-state index in [1.54, 1.807) is 6.20 Å². The number of aryl methyl sites for hydroxylation is 1. The Morgan fingerprint density at radius 3 is 2.74 bits per heavy atom.